The van der Waals surface area contributed by atoms with Gasteiger partial charge in [0, 0.05) is 0 Å². The minimum atomic E-state index is -4.52. The van der Waals surface area contributed by atoms with Crippen molar-refractivity contribution < 1.29 is 22.3 Å². The molecule has 1 rings (SSSR count). The van der Waals surface area contributed by atoms with Gasteiger partial charge in [0.25, 0.3) is 0 Å². The van der Waals surface area contributed by atoms with Gasteiger partial charge in [0.1, 0.15) is 12.4 Å². The maximum atomic E-state index is 12.3. The Hall–Kier alpha value is -1.26. The fraction of sp³-hybridized carbons (Fsp3) is 0.684. The highest BCUT2D eigenvalue weighted by Crippen LogP contribution is 2.36. The number of hydrogen-bond acceptors (Lipinski definition) is 1. The van der Waals surface area contributed by atoms with Crippen molar-refractivity contribution in [2.45, 2.75) is 81.1 Å². The standard InChI is InChI=1S/C9H8F4O.2C3H8.2C2H6/c1-14-8-3-2-6(5-10)4-7(8)9(11,12)13;2*1-3-2;2*1-2/h2-4H,5H2,1H3;2*3H2,1-2H3;2*1-2H3. The molecule has 0 aromatic heterocycles. The lowest BCUT2D eigenvalue weighted by molar-refractivity contribution is -0.138. The summed E-state index contributed by atoms with van der Waals surface area (Å²) in [5.74, 6) is -0.297. The van der Waals surface area contributed by atoms with Crippen molar-refractivity contribution in [3.63, 3.8) is 0 Å². The number of benzene rings is 1. The fourth-order valence-electron chi connectivity index (χ4n) is 1.06. The minimum absolute atomic E-state index is 0.0156. The molecule has 0 fully saturated rings. The molecule has 0 aliphatic carbocycles. The van der Waals surface area contributed by atoms with Gasteiger partial charge in [-0.3, -0.25) is 0 Å². The zero-order chi connectivity index (χ0) is 20.2. The van der Waals surface area contributed by atoms with Crippen LogP contribution in [0.4, 0.5) is 17.6 Å². The normalized spacial score (nSPS) is 8.71. The number of halogens is 4. The van der Waals surface area contributed by atoms with Crippen LogP contribution in [-0.4, -0.2) is 7.11 Å². The van der Waals surface area contributed by atoms with Gasteiger partial charge in [-0.25, -0.2) is 4.39 Å². The number of alkyl halides is 4. The van der Waals surface area contributed by atoms with Crippen molar-refractivity contribution in [2.75, 3.05) is 7.11 Å². The third-order valence-corrected chi connectivity index (χ3v) is 1.72. The van der Waals surface area contributed by atoms with E-state index >= 15 is 0 Å². The Morgan fingerprint density at radius 3 is 1.50 bits per heavy atom. The van der Waals surface area contributed by atoms with E-state index in [1.54, 1.807) is 0 Å². The van der Waals surface area contributed by atoms with Crippen LogP contribution >= 0.6 is 0 Å². The van der Waals surface area contributed by atoms with Crippen LogP contribution in [0.2, 0.25) is 0 Å². The average molecular weight is 356 g/mol. The highest BCUT2D eigenvalue weighted by Gasteiger charge is 2.34. The van der Waals surface area contributed by atoms with Gasteiger partial charge in [0.15, 0.2) is 0 Å². The first kappa shape index (κ1) is 30.6. The van der Waals surface area contributed by atoms with E-state index in [0.717, 1.165) is 19.2 Å². The zero-order valence-corrected chi connectivity index (χ0v) is 16.8. The molecule has 24 heavy (non-hydrogen) atoms. The molecular weight excluding hydrogens is 320 g/mol. The summed E-state index contributed by atoms with van der Waals surface area (Å²) in [6.07, 6.45) is -2.02. The van der Waals surface area contributed by atoms with Crippen LogP contribution < -0.4 is 4.74 Å². The maximum absolute atomic E-state index is 12.3. The summed E-state index contributed by atoms with van der Waals surface area (Å²) in [5, 5.41) is 0. The molecule has 0 N–H and O–H groups in total. The predicted molar refractivity (Wildman–Crippen MR) is 97.4 cm³/mol. The van der Waals surface area contributed by atoms with Gasteiger partial charge in [-0.15, -0.1) is 0 Å². The predicted octanol–water partition coefficient (Wildman–Crippen LogP) is 8.07. The summed E-state index contributed by atoms with van der Waals surface area (Å²) >= 11 is 0. The molecule has 146 valence electrons. The Balaban J connectivity index is -0.000000168. The molecule has 0 saturated carbocycles. The molecular formula is C19H36F4O. The smallest absolute Gasteiger partial charge is 0.419 e. The summed E-state index contributed by atoms with van der Waals surface area (Å²) in [7, 11) is 1.14. The minimum Gasteiger partial charge on any atom is -0.496 e. The first-order valence-corrected chi connectivity index (χ1v) is 8.62. The fourth-order valence-corrected chi connectivity index (χ4v) is 1.06. The van der Waals surface area contributed by atoms with Crippen molar-refractivity contribution in [1.29, 1.82) is 0 Å². The molecule has 0 saturated heterocycles. The molecule has 0 spiro atoms. The van der Waals surface area contributed by atoms with E-state index in [-0.39, 0.29) is 11.3 Å². The van der Waals surface area contributed by atoms with E-state index in [2.05, 4.69) is 32.4 Å². The van der Waals surface area contributed by atoms with E-state index in [0.29, 0.717) is 0 Å². The molecule has 1 aromatic carbocycles. The average Bonchev–Trinajstić information content (AvgIpc) is 2.58. The molecule has 0 aliphatic rings. The van der Waals surface area contributed by atoms with Gasteiger partial charge in [-0.1, -0.05) is 74.3 Å². The first-order chi connectivity index (χ1) is 11.3. The first-order valence-electron chi connectivity index (χ1n) is 8.62. The lowest BCUT2D eigenvalue weighted by Crippen LogP contribution is -2.07. The summed E-state index contributed by atoms with van der Waals surface area (Å²) in [6.45, 7) is 15.6. The lowest BCUT2D eigenvalue weighted by atomic mass is 10.1. The van der Waals surface area contributed by atoms with Crippen molar-refractivity contribution >= 4 is 0 Å². The second kappa shape index (κ2) is 21.7. The maximum Gasteiger partial charge on any atom is 0.419 e. The Morgan fingerprint density at radius 1 is 0.875 bits per heavy atom. The van der Waals surface area contributed by atoms with Crippen LogP contribution in [0.3, 0.4) is 0 Å². The van der Waals surface area contributed by atoms with Crippen molar-refractivity contribution in [1.82, 2.24) is 0 Å². The second-order valence-electron chi connectivity index (χ2n) is 4.08. The van der Waals surface area contributed by atoms with Crippen LogP contribution in [0.15, 0.2) is 18.2 Å². The molecule has 1 nitrogen and oxygen atoms in total. The second-order valence-corrected chi connectivity index (χ2v) is 4.08. The molecule has 0 unspecified atom stereocenters. The molecule has 0 atom stereocenters. The molecule has 0 amide bonds. The summed E-state index contributed by atoms with van der Waals surface area (Å²) in [4.78, 5) is 0. The molecule has 0 aliphatic heterocycles. The van der Waals surface area contributed by atoms with Crippen LogP contribution in [0.1, 0.15) is 79.4 Å². The van der Waals surface area contributed by atoms with E-state index in [1.807, 2.05) is 27.7 Å². The quantitative estimate of drug-likeness (QED) is 0.487. The van der Waals surface area contributed by atoms with E-state index in [4.69, 9.17) is 0 Å². The molecule has 0 bridgehead atoms. The Labute approximate surface area is 146 Å². The monoisotopic (exact) mass is 356 g/mol. The lowest BCUT2D eigenvalue weighted by Gasteiger charge is -2.12. The van der Waals surface area contributed by atoms with E-state index < -0.39 is 18.4 Å². The van der Waals surface area contributed by atoms with Gasteiger partial charge in [-0.05, 0) is 17.7 Å². The number of hydrogen-bond donors (Lipinski definition) is 0. The highest BCUT2D eigenvalue weighted by molar-refractivity contribution is 5.39. The van der Waals surface area contributed by atoms with Crippen molar-refractivity contribution in [3.05, 3.63) is 29.3 Å². The van der Waals surface area contributed by atoms with E-state index in [1.165, 1.54) is 18.9 Å². The van der Waals surface area contributed by atoms with Crippen LogP contribution in [0.25, 0.3) is 0 Å². The van der Waals surface area contributed by atoms with Crippen molar-refractivity contribution in [2.24, 2.45) is 0 Å². The third-order valence-electron chi connectivity index (χ3n) is 1.72. The number of rotatable bonds is 2. The SMILES string of the molecule is CC.CC.CCC.CCC.COc1ccc(CF)cc1C(F)(F)F. The Morgan fingerprint density at radius 2 is 1.25 bits per heavy atom. The van der Waals surface area contributed by atoms with Gasteiger partial charge >= 0.3 is 6.18 Å². The largest absolute Gasteiger partial charge is 0.496 e. The van der Waals surface area contributed by atoms with Crippen molar-refractivity contribution in [3.8, 4) is 5.75 Å². The molecule has 0 heterocycles. The summed E-state index contributed by atoms with van der Waals surface area (Å²) in [6, 6.07) is 3.12. The highest BCUT2D eigenvalue weighted by atomic mass is 19.4. The summed E-state index contributed by atoms with van der Waals surface area (Å²) < 4.78 is 53.7. The van der Waals surface area contributed by atoms with Gasteiger partial charge in [-0.2, -0.15) is 13.2 Å². The number of ether oxygens (including phenoxy) is 1. The van der Waals surface area contributed by atoms with Gasteiger partial charge in [0.05, 0.1) is 12.7 Å². The van der Waals surface area contributed by atoms with Crippen LogP contribution in [0.5, 0.6) is 5.75 Å². The van der Waals surface area contributed by atoms with Gasteiger partial charge < -0.3 is 4.74 Å². The van der Waals surface area contributed by atoms with E-state index in [9.17, 15) is 17.6 Å². The third kappa shape index (κ3) is 17.1. The van der Waals surface area contributed by atoms with Gasteiger partial charge in [0.2, 0.25) is 0 Å². The Bertz CT molecular complexity index is 348. The molecule has 0 radical (unpaired) electrons. The topological polar surface area (TPSA) is 9.23 Å². The molecule has 5 heteroatoms. The summed E-state index contributed by atoms with van der Waals surface area (Å²) in [5.41, 5.74) is -0.965. The Kier molecular flexibility index (Phi) is 27.7. The number of methoxy groups -OCH3 is 1. The zero-order valence-electron chi connectivity index (χ0n) is 16.8. The molecule has 1 aromatic rings. The van der Waals surface area contributed by atoms with Crippen LogP contribution in [-0.2, 0) is 12.9 Å². The van der Waals surface area contributed by atoms with Crippen LogP contribution in [0, 0.1) is 0 Å².